The molecule has 2 aromatic rings. The number of carboxylic acids is 1. The van der Waals surface area contributed by atoms with Crippen molar-refractivity contribution in [3.63, 3.8) is 0 Å². The summed E-state index contributed by atoms with van der Waals surface area (Å²) in [6, 6.07) is 6.55. The van der Waals surface area contributed by atoms with Crippen LogP contribution in [0.2, 0.25) is 0 Å². The minimum atomic E-state index is -1.05. The molecule has 19 heavy (non-hydrogen) atoms. The third-order valence-electron chi connectivity index (χ3n) is 2.89. The third kappa shape index (κ3) is 2.05. The molecule has 98 valence electrons. The molecule has 1 aliphatic heterocycles. The van der Waals surface area contributed by atoms with Crippen molar-refractivity contribution in [3.05, 3.63) is 45.6 Å². The van der Waals surface area contributed by atoms with Crippen molar-refractivity contribution in [3.8, 4) is 11.5 Å². The smallest absolute Gasteiger partial charge is 0.336 e. The van der Waals surface area contributed by atoms with Gasteiger partial charge < -0.3 is 19.7 Å². The molecular weight excluding hydrogens is 268 g/mol. The van der Waals surface area contributed by atoms with Gasteiger partial charge in [-0.3, -0.25) is 0 Å². The highest BCUT2D eigenvalue weighted by Crippen LogP contribution is 2.37. The summed E-state index contributed by atoms with van der Waals surface area (Å²) in [5.41, 5.74) is 0.698. The Morgan fingerprint density at radius 2 is 2.05 bits per heavy atom. The van der Waals surface area contributed by atoms with Crippen LogP contribution >= 0.6 is 11.3 Å². The highest BCUT2D eigenvalue weighted by atomic mass is 32.1. The van der Waals surface area contributed by atoms with Crippen LogP contribution in [0.25, 0.3) is 0 Å². The van der Waals surface area contributed by atoms with Crippen LogP contribution in [0.5, 0.6) is 11.5 Å². The first-order chi connectivity index (χ1) is 9.16. The number of carboxylic acid groups (broad SMARTS) is 1. The molecule has 0 bridgehead atoms. The van der Waals surface area contributed by atoms with E-state index in [2.05, 4.69) is 0 Å². The number of ether oxygens (including phenoxy) is 2. The lowest BCUT2D eigenvalue weighted by Gasteiger charge is -2.11. The van der Waals surface area contributed by atoms with Gasteiger partial charge in [0.25, 0.3) is 0 Å². The molecule has 0 fully saturated rings. The molecule has 0 spiro atoms. The Balaban J connectivity index is 1.97. The summed E-state index contributed by atoms with van der Waals surface area (Å²) >= 11 is 1.21. The van der Waals surface area contributed by atoms with Crippen LogP contribution in [-0.2, 0) is 0 Å². The van der Waals surface area contributed by atoms with Crippen molar-refractivity contribution in [2.24, 2.45) is 0 Å². The van der Waals surface area contributed by atoms with Gasteiger partial charge in [0, 0.05) is 0 Å². The topological polar surface area (TPSA) is 76.0 Å². The highest BCUT2D eigenvalue weighted by Gasteiger charge is 2.22. The Kier molecular flexibility index (Phi) is 2.88. The number of aliphatic hydroxyl groups excluding tert-OH is 1. The lowest BCUT2D eigenvalue weighted by Crippen LogP contribution is -2.04. The van der Waals surface area contributed by atoms with Crippen molar-refractivity contribution >= 4 is 17.3 Å². The number of rotatable bonds is 3. The summed E-state index contributed by atoms with van der Waals surface area (Å²) in [5.74, 6) is 0.140. The maximum atomic E-state index is 11.1. The quantitative estimate of drug-likeness (QED) is 0.900. The number of aromatic carboxylic acids is 1. The van der Waals surface area contributed by atoms with E-state index in [1.807, 2.05) is 0 Å². The van der Waals surface area contributed by atoms with Gasteiger partial charge >= 0.3 is 5.97 Å². The van der Waals surface area contributed by atoms with Crippen LogP contribution < -0.4 is 9.47 Å². The molecule has 1 aromatic heterocycles. The van der Waals surface area contributed by atoms with Gasteiger partial charge in [-0.15, -0.1) is 11.3 Å². The Labute approximate surface area is 112 Å². The van der Waals surface area contributed by atoms with Gasteiger partial charge in [-0.05, 0) is 29.1 Å². The molecule has 6 heteroatoms. The fourth-order valence-corrected chi connectivity index (χ4v) is 2.84. The van der Waals surface area contributed by atoms with E-state index in [0.29, 0.717) is 21.9 Å². The van der Waals surface area contributed by atoms with Crippen molar-refractivity contribution in [2.45, 2.75) is 6.10 Å². The van der Waals surface area contributed by atoms with Gasteiger partial charge in [0.2, 0.25) is 6.79 Å². The normalized spacial score (nSPS) is 14.4. The van der Waals surface area contributed by atoms with Crippen molar-refractivity contribution < 1.29 is 24.5 Å². The van der Waals surface area contributed by atoms with Gasteiger partial charge in [-0.25, -0.2) is 4.79 Å². The van der Waals surface area contributed by atoms with E-state index < -0.39 is 12.1 Å². The number of hydrogen-bond acceptors (Lipinski definition) is 5. The van der Waals surface area contributed by atoms with Crippen molar-refractivity contribution in [1.82, 2.24) is 0 Å². The summed E-state index contributed by atoms with van der Waals surface area (Å²) in [7, 11) is 0. The van der Waals surface area contributed by atoms with E-state index in [-0.39, 0.29) is 12.4 Å². The zero-order chi connectivity index (χ0) is 13.4. The number of thiophene rings is 1. The zero-order valence-corrected chi connectivity index (χ0v) is 10.5. The van der Waals surface area contributed by atoms with Gasteiger partial charge in [-0.1, -0.05) is 6.07 Å². The molecule has 2 N–H and O–H groups in total. The molecule has 0 radical (unpaired) electrons. The molecule has 1 aliphatic rings. The van der Waals surface area contributed by atoms with Crippen LogP contribution in [0.15, 0.2) is 29.6 Å². The first-order valence-corrected chi connectivity index (χ1v) is 6.43. The van der Waals surface area contributed by atoms with Gasteiger partial charge in [0.05, 0.1) is 10.4 Å². The largest absolute Gasteiger partial charge is 0.478 e. The second-order valence-electron chi connectivity index (χ2n) is 4.02. The summed E-state index contributed by atoms with van der Waals surface area (Å²) < 4.78 is 10.4. The SMILES string of the molecule is O=C(O)c1ccsc1C(O)c1ccc2c(c1)OCO2. The Hall–Kier alpha value is -2.05. The monoisotopic (exact) mass is 278 g/mol. The van der Waals surface area contributed by atoms with Gasteiger partial charge in [-0.2, -0.15) is 0 Å². The fourth-order valence-electron chi connectivity index (χ4n) is 1.94. The van der Waals surface area contributed by atoms with E-state index in [9.17, 15) is 9.90 Å². The van der Waals surface area contributed by atoms with E-state index >= 15 is 0 Å². The van der Waals surface area contributed by atoms with Crippen LogP contribution in [0.3, 0.4) is 0 Å². The summed E-state index contributed by atoms with van der Waals surface area (Å²) in [5, 5.41) is 21.0. The molecule has 2 heterocycles. The van der Waals surface area contributed by atoms with Gasteiger partial charge in [0.15, 0.2) is 11.5 Å². The zero-order valence-electron chi connectivity index (χ0n) is 9.70. The van der Waals surface area contributed by atoms with E-state index in [4.69, 9.17) is 14.6 Å². The minimum absolute atomic E-state index is 0.121. The predicted octanol–water partition coefficient (Wildman–Crippen LogP) is 2.26. The number of aliphatic hydroxyl groups is 1. The highest BCUT2D eigenvalue weighted by molar-refractivity contribution is 7.10. The Bertz CT molecular complexity index is 634. The van der Waals surface area contributed by atoms with Crippen LogP contribution in [-0.4, -0.2) is 23.0 Å². The summed E-state index contributed by atoms with van der Waals surface area (Å²) in [6.45, 7) is 0.161. The summed E-state index contributed by atoms with van der Waals surface area (Å²) in [4.78, 5) is 11.5. The molecule has 5 nitrogen and oxygen atoms in total. The second kappa shape index (κ2) is 4.56. The maximum Gasteiger partial charge on any atom is 0.336 e. The molecule has 1 atom stereocenters. The van der Waals surface area contributed by atoms with Gasteiger partial charge in [0.1, 0.15) is 6.10 Å². The van der Waals surface area contributed by atoms with Crippen molar-refractivity contribution in [1.29, 1.82) is 0 Å². The average molecular weight is 278 g/mol. The number of hydrogen-bond donors (Lipinski definition) is 2. The first kappa shape index (κ1) is 12.0. The molecule has 1 unspecified atom stereocenters. The number of carbonyl (C=O) groups is 1. The van der Waals surface area contributed by atoms with Crippen LogP contribution in [0, 0.1) is 0 Å². The Morgan fingerprint density at radius 3 is 2.84 bits per heavy atom. The third-order valence-corrected chi connectivity index (χ3v) is 3.86. The molecule has 0 saturated carbocycles. The molecule has 0 saturated heterocycles. The second-order valence-corrected chi connectivity index (χ2v) is 4.97. The lowest BCUT2D eigenvalue weighted by atomic mass is 10.0. The standard InChI is InChI=1S/C13H10O5S/c14-11(12-8(13(15)16)3-4-19-12)7-1-2-9-10(5-7)18-6-17-9/h1-5,11,14H,6H2,(H,15,16). The molecular formula is C13H10O5S. The number of benzene rings is 1. The molecule has 3 rings (SSSR count). The number of fused-ring (bicyclic) bond motifs is 1. The van der Waals surface area contributed by atoms with Crippen LogP contribution in [0.1, 0.15) is 26.9 Å². The van der Waals surface area contributed by atoms with Crippen LogP contribution in [0.4, 0.5) is 0 Å². The molecule has 1 aromatic carbocycles. The predicted molar refractivity (Wildman–Crippen MR) is 67.9 cm³/mol. The first-order valence-electron chi connectivity index (χ1n) is 5.55. The molecule has 0 aliphatic carbocycles. The lowest BCUT2D eigenvalue weighted by molar-refractivity contribution is 0.0692. The maximum absolute atomic E-state index is 11.1. The molecule has 0 amide bonds. The minimum Gasteiger partial charge on any atom is -0.478 e. The van der Waals surface area contributed by atoms with E-state index in [0.717, 1.165) is 0 Å². The van der Waals surface area contributed by atoms with E-state index in [1.165, 1.54) is 17.4 Å². The summed E-state index contributed by atoms with van der Waals surface area (Å²) in [6.07, 6.45) is -0.986. The van der Waals surface area contributed by atoms with E-state index in [1.54, 1.807) is 23.6 Å². The average Bonchev–Trinajstić information content (AvgIpc) is 3.05. The fraction of sp³-hybridized carbons (Fsp3) is 0.154. The van der Waals surface area contributed by atoms with Crippen molar-refractivity contribution in [2.75, 3.05) is 6.79 Å². The Morgan fingerprint density at radius 1 is 1.26 bits per heavy atom.